The molecule has 1 heterocycles. The van der Waals surface area contributed by atoms with E-state index in [1.807, 2.05) is 55.4 Å². The van der Waals surface area contributed by atoms with E-state index in [-0.39, 0.29) is 5.88 Å². The average molecular weight is 525 g/mol. The first kappa shape index (κ1) is 25.8. The number of hydrogen-bond donors (Lipinski definition) is 2. The fourth-order valence-corrected chi connectivity index (χ4v) is 5.23. The Hall–Kier alpha value is -3.33. The molecule has 4 aromatic rings. The van der Waals surface area contributed by atoms with E-state index in [4.69, 9.17) is 16.6 Å². The number of aromatic hydroxyl groups is 1. The van der Waals surface area contributed by atoms with E-state index in [1.54, 1.807) is 36.4 Å². The predicted octanol–water partition coefficient (Wildman–Crippen LogP) is 5.41. The van der Waals surface area contributed by atoms with Crippen molar-refractivity contribution in [3.63, 3.8) is 0 Å². The van der Waals surface area contributed by atoms with Crippen LogP contribution in [0, 0.1) is 0 Å². The number of fused-ring (bicyclic) bond motifs is 1. The number of rotatable bonds is 9. The molecular weight excluding hydrogens is 496 g/mol. The van der Waals surface area contributed by atoms with Crippen molar-refractivity contribution in [2.24, 2.45) is 4.99 Å². The second-order valence-electron chi connectivity index (χ2n) is 8.87. The van der Waals surface area contributed by atoms with Gasteiger partial charge in [-0.1, -0.05) is 48.0 Å². The number of aromatic nitrogens is 1. The summed E-state index contributed by atoms with van der Waals surface area (Å²) in [5.74, 6) is -0.00404. The van der Waals surface area contributed by atoms with Crippen LogP contribution >= 0.6 is 11.6 Å². The summed E-state index contributed by atoms with van der Waals surface area (Å²) in [6, 6.07) is 22.1. The van der Waals surface area contributed by atoms with Crippen molar-refractivity contribution in [1.82, 2.24) is 9.88 Å². The van der Waals surface area contributed by atoms with Gasteiger partial charge >= 0.3 is 0 Å². The first-order valence-electron chi connectivity index (χ1n) is 11.5. The summed E-state index contributed by atoms with van der Waals surface area (Å²) in [5.41, 5.74) is 3.89. The number of aromatic amines is 1. The molecule has 3 aromatic carbocycles. The van der Waals surface area contributed by atoms with Crippen LogP contribution in [0.3, 0.4) is 0 Å². The Kier molecular flexibility index (Phi) is 7.68. The van der Waals surface area contributed by atoms with Crippen LogP contribution in [0.15, 0.2) is 77.8 Å². The zero-order valence-electron chi connectivity index (χ0n) is 20.4. The van der Waals surface area contributed by atoms with Gasteiger partial charge in [0.25, 0.3) is 0 Å². The fraction of sp³-hybridized carbons (Fsp3) is 0.222. The maximum atomic E-state index is 12.4. The van der Waals surface area contributed by atoms with Crippen molar-refractivity contribution >= 4 is 49.6 Å². The molecular formula is C27H29ClN4O3S. The quantitative estimate of drug-likeness (QED) is 0.286. The summed E-state index contributed by atoms with van der Waals surface area (Å²) in [6.45, 7) is 1.18. The van der Waals surface area contributed by atoms with Gasteiger partial charge in [-0.25, -0.2) is 13.4 Å². The van der Waals surface area contributed by atoms with Gasteiger partial charge in [0.05, 0.1) is 34.4 Å². The minimum atomic E-state index is -3.43. The molecule has 0 aliphatic carbocycles. The summed E-state index contributed by atoms with van der Waals surface area (Å²) < 4.78 is 26.3. The Bertz CT molecular complexity index is 1480. The van der Waals surface area contributed by atoms with Gasteiger partial charge in [0, 0.05) is 22.5 Å². The average Bonchev–Trinajstić information content (AvgIpc) is 3.15. The van der Waals surface area contributed by atoms with Gasteiger partial charge in [0.1, 0.15) is 0 Å². The number of anilines is 1. The Labute approximate surface area is 216 Å². The lowest BCUT2D eigenvalue weighted by Crippen LogP contribution is -2.32. The molecule has 2 N–H and O–H groups in total. The first-order chi connectivity index (χ1) is 17.1. The largest absolute Gasteiger partial charge is 0.494 e. The monoisotopic (exact) mass is 524 g/mol. The van der Waals surface area contributed by atoms with Crippen molar-refractivity contribution in [2.45, 2.75) is 6.42 Å². The third-order valence-electron chi connectivity index (χ3n) is 5.77. The van der Waals surface area contributed by atoms with E-state index < -0.39 is 10.0 Å². The van der Waals surface area contributed by atoms with Crippen LogP contribution in [-0.4, -0.2) is 62.6 Å². The molecule has 0 radical (unpaired) electrons. The summed E-state index contributed by atoms with van der Waals surface area (Å²) >= 11 is 6.15. The van der Waals surface area contributed by atoms with Crippen LogP contribution in [0.4, 0.5) is 11.4 Å². The number of H-pyrrole nitrogens is 1. The summed E-state index contributed by atoms with van der Waals surface area (Å²) in [4.78, 5) is 9.89. The maximum absolute atomic E-state index is 12.4. The Morgan fingerprint density at radius 2 is 1.69 bits per heavy atom. The van der Waals surface area contributed by atoms with Crippen LogP contribution < -0.4 is 4.31 Å². The third kappa shape index (κ3) is 5.90. The molecule has 0 saturated heterocycles. The molecule has 0 aliphatic heterocycles. The second kappa shape index (κ2) is 10.7. The molecule has 0 spiro atoms. The lowest BCUT2D eigenvalue weighted by Gasteiger charge is -2.23. The minimum Gasteiger partial charge on any atom is -0.494 e. The van der Waals surface area contributed by atoms with Crippen molar-refractivity contribution in [2.75, 3.05) is 37.7 Å². The molecule has 0 aliphatic rings. The topological polar surface area (TPSA) is 89.0 Å². The van der Waals surface area contributed by atoms with Gasteiger partial charge in [-0.05, 0) is 63.5 Å². The van der Waals surface area contributed by atoms with Crippen LogP contribution in [-0.2, 0) is 10.0 Å². The van der Waals surface area contributed by atoms with Crippen molar-refractivity contribution in [3.05, 3.63) is 88.9 Å². The first-order valence-corrected chi connectivity index (χ1v) is 13.7. The fourth-order valence-electron chi connectivity index (χ4n) is 4.10. The van der Waals surface area contributed by atoms with E-state index in [1.165, 1.54) is 10.6 Å². The lowest BCUT2D eigenvalue weighted by atomic mass is 10.0. The van der Waals surface area contributed by atoms with Gasteiger partial charge in [0.2, 0.25) is 10.0 Å². The molecule has 0 unspecified atom stereocenters. The highest BCUT2D eigenvalue weighted by atomic mass is 35.5. The van der Waals surface area contributed by atoms with Gasteiger partial charge in [-0.2, -0.15) is 0 Å². The molecule has 0 bridgehead atoms. The molecule has 1 aromatic heterocycles. The summed E-state index contributed by atoms with van der Waals surface area (Å²) in [6.07, 6.45) is 1.93. The number of aliphatic imine (C=N–C) groups is 1. The number of nitrogens with one attached hydrogen (secondary N) is 1. The van der Waals surface area contributed by atoms with Gasteiger partial charge < -0.3 is 15.0 Å². The molecule has 36 heavy (non-hydrogen) atoms. The molecule has 0 amide bonds. The Morgan fingerprint density at radius 3 is 2.33 bits per heavy atom. The highest BCUT2D eigenvalue weighted by molar-refractivity contribution is 7.92. The Balaban J connectivity index is 1.75. The van der Waals surface area contributed by atoms with Crippen molar-refractivity contribution in [3.8, 4) is 5.88 Å². The smallest absolute Gasteiger partial charge is 0.232 e. The normalized spacial score (nSPS) is 12.4. The molecule has 188 valence electrons. The predicted molar refractivity (Wildman–Crippen MR) is 149 cm³/mol. The molecule has 7 nitrogen and oxygen atoms in total. The zero-order valence-corrected chi connectivity index (χ0v) is 22.0. The van der Waals surface area contributed by atoms with Gasteiger partial charge in [-0.3, -0.25) is 4.31 Å². The Morgan fingerprint density at radius 1 is 1.00 bits per heavy atom. The van der Waals surface area contributed by atoms with E-state index in [0.29, 0.717) is 46.2 Å². The van der Waals surface area contributed by atoms with E-state index in [2.05, 4.69) is 4.98 Å². The van der Waals surface area contributed by atoms with Crippen LogP contribution in [0.2, 0.25) is 5.02 Å². The molecule has 0 atom stereocenters. The van der Waals surface area contributed by atoms with E-state index in [9.17, 15) is 13.5 Å². The van der Waals surface area contributed by atoms with E-state index in [0.717, 1.165) is 17.5 Å². The van der Waals surface area contributed by atoms with E-state index >= 15 is 0 Å². The molecule has 9 heteroatoms. The van der Waals surface area contributed by atoms with Crippen LogP contribution in [0.25, 0.3) is 10.9 Å². The highest BCUT2D eigenvalue weighted by Gasteiger charge is 2.20. The van der Waals surface area contributed by atoms with Gasteiger partial charge in [-0.15, -0.1) is 0 Å². The number of benzene rings is 3. The maximum Gasteiger partial charge on any atom is 0.232 e. The standard InChI is InChI=1S/C27H29ClN4O3S/c1-31(2)16-7-17-32(36(3,34)35)22-13-11-21(12-14-22)29-26(19-8-5-4-6-9-19)25-23-15-10-20(28)18-24(23)30-27(25)33/h4-6,8-15,18,30,33H,7,16-17H2,1-3H3. The second-order valence-corrected chi connectivity index (χ2v) is 11.2. The number of halogens is 1. The molecule has 0 fully saturated rings. The minimum absolute atomic E-state index is 0.00404. The number of sulfonamides is 1. The lowest BCUT2D eigenvalue weighted by molar-refractivity contribution is 0.403. The number of nitrogens with zero attached hydrogens (tertiary/aromatic N) is 3. The van der Waals surface area contributed by atoms with Gasteiger partial charge in [0.15, 0.2) is 5.88 Å². The third-order valence-corrected chi connectivity index (χ3v) is 7.20. The summed E-state index contributed by atoms with van der Waals surface area (Å²) in [5, 5.41) is 12.2. The summed E-state index contributed by atoms with van der Waals surface area (Å²) in [7, 11) is 0.488. The van der Waals surface area contributed by atoms with Crippen LogP contribution in [0.1, 0.15) is 17.5 Å². The SMILES string of the molecule is CN(C)CCCN(c1ccc(N=C(c2ccccc2)c2c(O)[nH]c3cc(Cl)ccc23)cc1)S(C)(=O)=O. The van der Waals surface area contributed by atoms with Crippen molar-refractivity contribution in [1.29, 1.82) is 0 Å². The number of hydrogen-bond acceptors (Lipinski definition) is 5. The van der Waals surface area contributed by atoms with Crippen LogP contribution in [0.5, 0.6) is 5.88 Å². The molecule has 0 saturated carbocycles. The zero-order chi connectivity index (χ0) is 25.9. The van der Waals surface area contributed by atoms with Crippen molar-refractivity contribution < 1.29 is 13.5 Å². The molecule has 4 rings (SSSR count). The highest BCUT2D eigenvalue weighted by Crippen LogP contribution is 2.33.